The van der Waals surface area contributed by atoms with Crippen LogP contribution in [0.3, 0.4) is 0 Å². The number of ether oxygens (including phenoxy) is 2. The van der Waals surface area contributed by atoms with Gasteiger partial charge in [0, 0.05) is 12.1 Å². The van der Waals surface area contributed by atoms with Crippen LogP contribution >= 0.6 is 0 Å². The summed E-state index contributed by atoms with van der Waals surface area (Å²) in [5.74, 6) is 1.71. The topological polar surface area (TPSA) is 108 Å². The molecule has 4 bridgehead atoms. The number of sulfonamides is 1. The summed E-state index contributed by atoms with van der Waals surface area (Å²) in [6, 6.07) is 7.13. The van der Waals surface area contributed by atoms with Gasteiger partial charge in [-0.05, 0) is 75.8 Å². The van der Waals surface area contributed by atoms with Crippen LogP contribution in [0, 0.1) is 17.8 Å². The molecule has 4 aliphatic rings. The highest BCUT2D eigenvalue weighted by atomic mass is 32.2. The first-order valence-electron chi connectivity index (χ1n) is 10.2. The number of hydrogen-bond acceptors (Lipinski definition) is 5. The van der Waals surface area contributed by atoms with Gasteiger partial charge in [-0.25, -0.2) is 13.6 Å². The highest BCUT2D eigenvalue weighted by molar-refractivity contribution is 7.90. The van der Waals surface area contributed by atoms with Crippen molar-refractivity contribution in [2.75, 3.05) is 7.11 Å². The number of hydrogen-bond donors (Lipinski definition) is 2. The van der Waals surface area contributed by atoms with Gasteiger partial charge in [0.1, 0.15) is 11.5 Å². The van der Waals surface area contributed by atoms with E-state index in [1.807, 2.05) is 12.1 Å². The lowest BCUT2D eigenvalue weighted by Crippen LogP contribution is -2.66. The van der Waals surface area contributed by atoms with Crippen molar-refractivity contribution in [2.24, 2.45) is 22.9 Å². The van der Waals surface area contributed by atoms with Gasteiger partial charge in [-0.15, -0.1) is 0 Å². The average Bonchev–Trinajstić information content (AvgIpc) is 2.62. The lowest BCUT2D eigenvalue weighted by molar-refractivity contribution is -0.137. The quantitative estimate of drug-likeness (QED) is 0.731. The van der Waals surface area contributed by atoms with Crippen molar-refractivity contribution >= 4 is 15.9 Å². The Balaban J connectivity index is 1.47. The lowest BCUT2D eigenvalue weighted by atomic mass is 9.53. The molecule has 0 heterocycles. The van der Waals surface area contributed by atoms with Crippen LogP contribution in [0.4, 0.5) is 0 Å². The molecule has 1 aromatic rings. The van der Waals surface area contributed by atoms with Gasteiger partial charge < -0.3 is 14.8 Å². The largest absolute Gasteiger partial charge is 0.497 e. The Bertz CT molecular complexity index is 897. The first-order chi connectivity index (χ1) is 13.5. The second-order valence-corrected chi connectivity index (χ2v) is 11.4. The van der Waals surface area contributed by atoms with Gasteiger partial charge in [-0.3, -0.25) is 4.79 Å². The van der Waals surface area contributed by atoms with Crippen LogP contribution < -0.4 is 19.9 Å². The molecule has 4 aliphatic carbocycles. The monoisotopic (exact) mass is 422 g/mol. The minimum absolute atomic E-state index is 0.0258. The summed E-state index contributed by atoms with van der Waals surface area (Å²) in [4.78, 5) is 13.1. The molecule has 0 saturated heterocycles. The fourth-order valence-electron chi connectivity index (χ4n) is 5.86. The van der Waals surface area contributed by atoms with E-state index >= 15 is 0 Å². The predicted octanol–water partition coefficient (Wildman–Crippen LogP) is 2.20. The highest BCUT2D eigenvalue weighted by Crippen LogP contribution is 2.58. The zero-order valence-electron chi connectivity index (χ0n) is 17.2. The Labute approximate surface area is 172 Å². The number of methoxy groups -OCH3 is 1. The minimum Gasteiger partial charge on any atom is -0.497 e. The Morgan fingerprint density at radius 3 is 2.38 bits per heavy atom. The highest BCUT2D eigenvalue weighted by Gasteiger charge is 2.60. The summed E-state index contributed by atoms with van der Waals surface area (Å²) in [5.41, 5.74) is -1.07. The summed E-state index contributed by atoms with van der Waals surface area (Å²) in [6.07, 6.45) is 3.66. The molecule has 1 amide bonds. The average molecular weight is 423 g/mol. The molecular weight excluding hydrogens is 392 g/mol. The zero-order chi connectivity index (χ0) is 21.0. The first-order valence-corrected chi connectivity index (χ1v) is 11.7. The smallest absolute Gasteiger partial charge is 0.263 e. The van der Waals surface area contributed by atoms with Crippen molar-refractivity contribution in [1.29, 1.82) is 0 Å². The third-order valence-electron chi connectivity index (χ3n) is 7.08. The van der Waals surface area contributed by atoms with Gasteiger partial charge in [-0.2, -0.15) is 0 Å². The molecule has 0 aliphatic heterocycles. The SMILES string of the molecule is COc1cccc(OC(C)(C)C(=O)NC2C3CC4CC2CC(S(N)(=O)=O)(C4)C3)c1. The van der Waals surface area contributed by atoms with Crippen LogP contribution in [0.25, 0.3) is 0 Å². The number of nitrogens with one attached hydrogen (secondary N) is 1. The maximum absolute atomic E-state index is 13.1. The molecule has 0 aromatic heterocycles. The number of nitrogens with two attached hydrogens (primary N) is 1. The maximum atomic E-state index is 13.1. The molecule has 4 saturated carbocycles. The summed E-state index contributed by atoms with van der Waals surface area (Å²) >= 11 is 0. The fourth-order valence-corrected chi connectivity index (χ4v) is 7.23. The molecule has 2 unspecified atom stereocenters. The van der Waals surface area contributed by atoms with Gasteiger partial charge in [0.05, 0.1) is 11.9 Å². The summed E-state index contributed by atoms with van der Waals surface area (Å²) in [5, 5.41) is 8.80. The van der Waals surface area contributed by atoms with E-state index < -0.39 is 20.4 Å². The van der Waals surface area contributed by atoms with Crippen LogP contribution in [0.15, 0.2) is 24.3 Å². The summed E-state index contributed by atoms with van der Waals surface area (Å²) in [6.45, 7) is 3.48. The van der Waals surface area contributed by atoms with Gasteiger partial charge in [-0.1, -0.05) is 6.07 Å². The second kappa shape index (κ2) is 6.87. The van der Waals surface area contributed by atoms with E-state index in [0.717, 1.165) is 12.8 Å². The molecule has 1 aromatic carbocycles. The van der Waals surface area contributed by atoms with Crippen molar-refractivity contribution in [3.63, 3.8) is 0 Å². The standard InChI is InChI=1S/C21H30N2O5S/c1-20(2,28-17-6-4-5-16(9-17)27-3)19(24)23-18-14-7-13-8-15(18)12-21(10-13,11-14)29(22,25)26/h4-6,9,13-15,18H,7-8,10-12H2,1-3H3,(H,23,24)(H2,22,25,26). The molecule has 2 atom stereocenters. The van der Waals surface area contributed by atoms with Crippen molar-refractivity contribution < 1.29 is 22.7 Å². The molecule has 29 heavy (non-hydrogen) atoms. The molecule has 8 heteroatoms. The van der Waals surface area contributed by atoms with E-state index in [2.05, 4.69) is 5.32 Å². The lowest BCUT2D eigenvalue weighted by Gasteiger charge is -2.59. The van der Waals surface area contributed by atoms with Crippen LogP contribution in [-0.4, -0.2) is 37.8 Å². The number of primary sulfonamides is 1. The van der Waals surface area contributed by atoms with E-state index in [1.165, 1.54) is 0 Å². The minimum atomic E-state index is -3.60. The number of benzene rings is 1. The Morgan fingerprint density at radius 2 is 1.79 bits per heavy atom. The van der Waals surface area contributed by atoms with Gasteiger partial charge in [0.2, 0.25) is 10.0 Å². The Kier molecular flexibility index (Phi) is 4.85. The van der Waals surface area contributed by atoms with E-state index in [-0.39, 0.29) is 23.8 Å². The number of rotatable bonds is 6. The maximum Gasteiger partial charge on any atom is 0.263 e. The Hall–Kier alpha value is -1.80. The van der Waals surface area contributed by atoms with Crippen molar-refractivity contribution in [3.05, 3.63) is 24.3 Å². The zero-order valence-corrected chi connectivity index (χ0v) is 18.0. The van der Waals surface area contributed by atoms with Crippen LogP contribution in [0.1, 0.15) is 46.0 Å². The van der Waals surface area contributed by atoms with Crippen molar-refractivity contribution in [1.82, 2.24) is 5.32 Å². The second-order valence-electron chi connectivity index (χ2n) is 9.49. The summed E-state index contributed by atoms with van der Waals surface area (Å²) < 4.78 is 35.0. The third kappa shape index (κ3) is 3.61. The normalized spacial score (nSPS) is 33.4. The van der Waals surface area contributed by atoms with E-state index in [1.54, 1.807) is 33.1 Å². The number of carbonyl (C=O) groups excluding carboxylic acids is 1. The molecule has 0 radical (unpaired) electrons. The molecule has 7 nitrogen and oxygen atoms in total. The van der Waals surface area contributed by atoms with Crippen LogP contribution in [-0.2, 0) is 14.8 Å². The molecule has 3 N–H and O–H groups in total. The first kappa shape index (κ1) is 20.5. The molecular formula is C21H30N2O5S. The molecule has 160 valence electrons. The van der Waals surface area contributed by atoms with Crippen molar-refractivity contribution in [2.45, 2.75) is 62.3 Å². The number of amides is 1. The van der Waals surface area contributed by atoms with Gasteiger partial charge in [0.25, 0.3) is 5.91 Å². The van der Waals surface area contributed by atoms with E-state index in [4.69, 9.17) is 14.6 Å². The van der Waals surface area contributed by atoms with Gasteiger partial charge >= 0.3 is 0 Å². The van der Waals surface area contributed by atoms with Gasteiger partial charge in [0.15, 0.2) is 5.60 Å². The third-order valence-corrected chi connectivity index (χ3v) is 8.79. The van der Waals surface area contributed by atoms with Crippen molar-refractivity contribution in [3.8, 4) is 11.5 Å². The van der Waals surface area contributed by atoms with Crippen LogP contribution in [0.2, 0.25) is 0 Å². The molecule has 4 fully saturated rings. The number of carbonyl (C=O) groups is 1. The predicted molar refractivity (Wildman–Crippen MR) is 109 cm³/mol. The van der Waals surface area contributed by atoms with E-state index in [0.29, 0.717) is 36.7 Å². The summed E-state index contributed by atoms with van der Waals surface area (Å²) in [7, 11) is -2.02. The molecule has 0 spiro atoms. The van der Waals surface area contributed by atoms with E-state index in [9.17, 15) is 13.2 Å². The molecule has 5 rings (SSSR count). The fraction of sp³-hybridized carbons (Fsp3) is 0.667. The Morgan fingerprint density at radius 1 is 1.17 bits per heavy atom. The van der Waals surface area contributed by atoms with Crippen LogP contribution in [0.5, 0.6) is 11.5 Å².